The van der Waals surface area contributed by atoms with Crippen molar-refractivity contribution in [1.29, 1.82) is 10.7 Å². The third kappa shape index (κ3) is 3.54. The largest absolute Gasteiger partial charge is 0.442 e. The summed E-state index contributed by atoms with van der Waals surface area (Å²) in [6, 6.07) is 10.7. The maximum absolute atomic E-state index is 11.3. The van der Waals surface area contributed by atoms with E-state index in [1.807, 2.05) is 12.1 Å². The lowest BCUT2D eigenvalue weighted by molar-refractivity contribution is -0.145. The van der Waals surface area contributed by atoms with E-state index in [1.165, 1.54) is 6.92 Å². The first-order valence-corrected chi connectivity index (χ1v) is 4.81. The number of carbonyl (C=O) groups is 1. The topological polar surface area (TPSA) is 73.9 Å². The summed E-state index contributed by atoms with van der Waals surface area (Å²) in [5, 5.41) is 16.0. The number of hydrogen-bond donors (Lipinski definition) is 1. The zero-order valence-electron chi connectivity index (χ0n) is 8.93. The van der Waals surface area contributed by atoms with Gasteiger partial charge in [-0.1, -0.05) is 30.3 Å². The number of nitriles is 1. The molecule has 0 saturated carbocycles. The Kier molecular flexibility index (Phi) is 4.22. The van der Waals surface area contributed by atoms with E-state index in [-0.39, 0.29) is 12.1 Å². The van der Waals surface area contributed by atoms with Crippen molar-refractivity contribution in [1.82, 2.24) is 0 Å². The van der Waals surface area contributed by atoms with Crippen LogP contribution in [0.3, 0.4) is 0 Å². The molecule has 0 spiro atoms. The normalized spacial score (nSPS) is 11.2. The van der Waals surface area contributed by atoms with Gasteiger partial charge in [-0.05, 0) is 6.92 Å². The van der Waals surface area contributed by atoms with Crippen molar-refractivity contribution in [3.05, 3.63) is 35.9 Å². The first-order chi connectivity index (χ1) is 7.63. The summed E-state index contributed by atoms with van der Waals surface area (Å²) in [6.07, 6.45) is -0.974. The predicted octanol–water partition coefficient (Wildman–Crippen LogP) is 2.22. The number of ether oxygens (including phenoxy) is 1. The number of benzene rings is 1. The highest BCUT2D eigenvalue weighted by molar-refractivity contribution is 5.95. The number of hydrogen-bond acceptors (Lipinski definition) is 4. The van der Waals surface area contributed by atoms with E-state index in [9.17, 15) is 4.79 Å². The summed E-state index contributed by atoms with van der Waals surface area (Å²) >= 11 is 0. The van der Waals surface area contributed by atoms with Gasteiger partial charge in [0.05, 0.1) is 6.42 Å². The molecule has 16 heavy (non-hydrogen) atoms. The molecule has 4 nitrogen and oxygen atoms in total. The fourth-order valence-corrected chi connectivity index (χ4v) is 1.19. The van der Waals surface area contributed by atoms with Gasteiger partial charge >= 0.3 is 5.97 Å². The van der Waals surface area contributed by atoms with Gasteiger partial charge in [-0.15, -0.1) is 0 Å². The van der Waals surface area contributed by atoms with Gasteiger partial charge in [0.1, 0.15) is 6.07 Å². The van der Waals surface area contributed by atoms with Gasteiger partial charge in [-0.2, -0.15) is 5.26 Å². The minimum Gasteiger partial charge on any atom is -0.442 e. The quantitative estimate of drug-likeness (QED) is 0.619. The zero-order valence-corrected chi connectivity index (χ0v) is 8.93. The van der Waals surface area contributed by atoms with Crippen LogP contribution in [0, 0.1) is 16.7 Å². The average molecular weight is 216 g/mol. The first-order valence-electron chi connectivity index (χ1n) is 4.81. The van der Waals surface area contributed by atoms with Crippen LogP contribution in [0.1, 0.15) is 25.0 Å². The van der Waals surface area contributed by atoms with Gasteiger partial charge in [0.25, 0.3) is 0 Å². The molecule has 0 fully saturated rings. The van der Waals surface area contributed by atoms with Crippen molar-refractivity contribution in [3.8, 4) is 6.07 Å². The second-order valence-electron chi connectivity index (χ2n) is 3.37. The van der Waals surface area contributed by atoms with Crippen LogP contribution >= 0.6 is 0 Å². The van der Waals surface area contributed by atoms with Crippen LogP contribution in [0.25, 0.3) is 0 Å². The minimum absolute atomic E-state index is 0.0784. The Balaban J connectivity index is 2.68. The second kappa shape index (κ2) is 5.66. The molecule has 0 heterocycles. The Morgan fingerprint density at radius 1 is 1.50 bits per heavy atom. The second-order valence-corrected chi connectivity index (χ2v) is 3.37. The summed E-state index contributed by atoms with van der Waals surface area (Å²) in [5.74, 6) is -0.553. The van der Waals surface area contributed by atoms with E-state index in [2.05, 4.69) is 0 Å². The lowest BCUT2D eigenvalue weighted by Crippen LogP contribution is -2.12. The third-order valence-corrected chi connectivity index (χ3v) is 1.88. The molecule has 1 atom stereocenters. The van der Waals surface area contributed by atoms with Gasteiger partial charge in [0, 0.05) is 11.3 Å². The van der Waals surface area contributed by atoms with Crippen LogP contribution in [0.15, 0.2) is 30.3 Å². The fraction of sp³-hybridized carbons (Fsp3) is 0.250. The lowest BCUT2D eigenvalue weighted by Gasteiger charge is -2.10. The summed E-state index contributed by atoms with van der Waals surface area (Å²) in [7, 11) is 0. The van der Waals surface area contributed by atoms with E-state index >= 15 is 0 Å². The van der Waals surface area contributed by atoms with Gasteiger partial charge < -0.3 is 10.1 Å². The zero-order chi connectivity index (χ0) is 12.0. The van der Waals surface area contributed by atoms with Crippen LogP contribution in [-0.2, 0) is 9.53 Å². The highest BCUT2D eigenvalue weighted by Crippen LogP contribution is 2.16. The molecule has 0 aliphatic heterocycles. The Labute approximate surface area is 94.0 Å². The molecule has 0 saturated heterocycles. The highest BCUT2D eigenvalue weighted by Gasteiger charge is 2.15. The van der Waals surface area contributed by atoms with Gasteiger partial charge in [0.2, 0.25) is 6.10 Å². The fourth-order valence-electron chi connectivity index (χ4n) is 1.19. The molecule has 0 amide bonds. The Morgan fingerprint density at radius 3 is 2.62 bits per heavy atom. The average Bonchev–Trinajstić information content (AvgIpc) is 2.26. The smallest absolute Gasteiger partial charge is 0.313 e. The Bertz CT molecular complexity index is 420. The SMILES string of the molecule is CC(=N)CC(=O)OC(C#N)c1ccccc1. The van der Waals surface area contributed by atoms with E-state index in [1.54, 1.807) is 24.3 Å². The summed E-state index contributed by atoms with van der Waals surface area (Å²) in [6.45, 7) is 1.52. The van der Waals surface area contributed by atoms with E-state index < -0.39 is 12.1 Å². The highest BCUT2D eigenvalue weighted by atomic mass is 16.5. The van der Waals surface area contributed by atoms with Gasteiger partial charge in [-0.25, -0.2) is 0 Å². The predicted molar refractivity (Wildman–Crippen MR) is 58.9 cm³/mol. The van der Waals surface area contributed by atoms with E-state index in [0.717, 1.165) is 0 Å². The van der Waals surface area contributed by atoms with E-state index in [4.69, 9.17) is 15.4 Å². The van der Waals surface area contributed by atoms with Crippen molar-refractivity contribution in [2.75, 3.05) is 0 Å². The standard InChI is InChI=1S/C12H12N2O2/c1-9(14)7-12(15)16-11(8-13)10-5-3-2-4-6-10/h2-6,11,14H,7H2,1H3. The monoisotopic (exact) mass is 216 g/mol. The van der Waals surface area contributed by atoms with Gasteiger partial charge in [-0.3, -0.25) is 4.79 Å². The van der Waals surface area contributed by atoms with Crippen LogP contribution in [0.4, 0.5) is 0 Å². The van der Waals surface area contributed by atoms with Crippen molar-refractivity contribution in [3.63, 3.8) is 0 Å². The summed E-state index contributed by atoms with van der Waals surface area (Å²) < 4.78 is 4.96. The molecule has 0 aliphatic rings. The molecule has 1 unspecified atom stereocenters. The van der Waals surface area contributed by atoms with Crippen LogP contribution in [0.2, 0.25) is 0 Å². The van der Waals surface area contributed by atoms with Crippen LogP contribution in [0.5, 0.6) is 0 Å². The molecule has 0 radical (unpaired) electrons. The molecule has 1 N–H and O–H groups in total. The molecule has 4 heteroatoms. The number of nitrogens with one attached hydrogen (secondary N) is 1. The Hall–Kier alpha value is -2.15. The van der Waals surface area contributed by atoms with Crippen molar-refractivity contribution < 1.29 is 9.53 Å². The molecule has 82 valence electrons. The summed E-state index contributed by atoms with van der Waals surface area (Å²) in [5.41, 5.74) is 0.857. The Morgan fingerprint density at radius 2 is 2.12 bits per heavy atom. The first kappa shape index (κ1) is 11.9. The maximum atomic E-state index is 11.3. The molecule has 0 aliphatic carbocycles. The van der Waals surface area contributed by atoms with Crippen LogP contribution in [-0.4, -0.2) is 11.7 Å². The van der Waals surface area contributed by atoms with Gasteiger partial charge in [0.15, 0.2) is 0 Å². The molecule has 1 aromatic carbocycles. The van der Waals surface area contributed by atoms with Crippen LogP contribution < -0.4 is 0 Å². The number of carbonyl (C=O) groups excluding carboxylic acids is 1. The molecular formula is C12H12N2O2. The lowest BCUT2D eigenvalue weighted by atomic mass is 10.1. The van der Waals surface area contributed by atoms with E-state index in [0.29, 0.717) is 5.56 Å². The van der Waals surface area contributed by atoms with Crippen molar-refractivity contribution in [2.45, 2.75) is 19.4 Å². The number of nitrogens with zero attached hydrogens (tertiary/aromatic N) is 1. The van der Waals surface area contributed by atoms with Crippen molar-refractivity contribution in [2.24, 2.45) is 0 Å². The summed E-state index contributed by atoms with van der Waals surface area (Å²) in [4.78, 5) is 11.3. The molecular weight excluding hydrogens is 204 g/mol. The number of esters is 1. The molecule has 1 aromatic rings. The molecule has 1 rings (SSSR count). The maximum Gasteiger partial charge on any atom is 0.313 e. The molecule has 0 bridgehead atoms. The van der Waals surface area contributed by atoms with Crippen molar-refractivity contribution >= 4 is 11.7 Å². The third-order valence-electron chi connectivity index (χ3n) is 1.88. The molecule has 0 aromatic heterocycles. The number of rotatable bonds is 4. The minimum atomic E-state index is -0.895.